The monoisotopic (exact) mass is 265 g/mol. The first kappa shape index (κ1) is 13.4. The molecule has 2 saturated carbocycles. The van der Waals surface area contributed by atoms with Crippen LogP contribution in [0.1, 0.15) is 64.7 Å². The van der Waals surface area contributed by atoms with Gasteiger partial charge in [0.15, 0.2) is 0 Å². The Morgan fingerprint density at radius 3 is 2.58 bits per heavy atom. The zero-order valence-corrected chi connectivity index (χ0v) is 12.1. The molecule has 3 nitrogen and oxygen atoms in total. The Kier molecular flexibility index (Phi) is 3.84. The SMILES string of the molecule is CC1CCCC(N2C(C(=O)O)CC3CCCCC32)C1. The van der Waals surface area contributed by atoms with Crippen molar-refractivity contribution < 1.29 is 9.90 Å². The van der Waals surface area contributed by atoms with Gasteiger partial charge in [0.25, 0.3) is 0 Å². The molecule has 1 aliphatic heterocycles. The van der Waals surface area contributed by atoms with Gasteiger partial charge in [-0.25, -0.2) is 0 Å². The normalized spacial score (nSPS) is 43.9. The van der Waals surface area contributed by atoms with Gasteiger partial charge >= 0.3 is 5.97 Å². The second-order valence-corrected chi connectivity index (χ2v) is 7.07. The summed E-state index contributed by atoms with van der Waals surface area (Å²) in [5, 5.41) is 9.59. The molecule has 3 heteroatoms. The van der Waals surface area contributed by atoms with Crippen LogP contribution in [0.25, 0.3) is 0 Å². The zero-order chi connectivity index (χ0) is 13.4. The molecule has 1 heterocycles. The van der Waals surface area contributed by atoms with Gasteiger partial charge in [-0.3, -0.25) is 9.69 Å². The molecule has 0 aromatic heterocycles. The number of nitrogens with zero attached hydrogens (tertiary/aromatic N) is 1. The molecule has 5 unspecified atom stereocenters. The van der Waals surface area contributed by atoms with Crippen LogP contribution in [0.5, 0.6) is 0 Å². The van der Waals surface area contributed by atoms with Crippen LogP contribution in [0, 0.1) is 11.8 Å². The summed E-state index contributed by atoms with van der Waals surface area (Å²) in [7, 11) is 0. The molecule has 108 valence electrons. The van der Waals surface area contributed by atoms with E-state index in [1.54, 1.807) is 0 Å². The average molecular weight is 265 g/mol. The minimum atomic E-state index is -0.576. The second-order valence-electron chi connectivity index (χ2n) is 7.07. The Morgan fingerprint density at radius 1 is 1.05 bits per heavy atom. The number of carbonyl (C=O) groups is 1. The van der Waals surface area contributed by atoms with E-state index < -0.39 is 5.97 Å². The fourth-order valence-corrected chi connectivity index (χ4v) is 4.92. The molecule has 3 fully saturated rings. The predicted octanol–water partition coefficient (Wildman–Crippen LogP) is 3.28. The maximum absolute atomic E-state index is 11.6. The molecule has 0 amide bonds. The summed E-state index contributed by atoms with van der Waals surface area (Å²) in [6.07, 6.45) is 11.1. The van der Waals surface area contributed by atoms with Crippen molar-refractivity contribution in [1.82, 2.24) is 4.90 Å². The molecule has 0 radical (unpaired) electrons. The lowest BCUT2D eigenvalue weighted by Gasteiger charge is -2.41. The molecule has 3 rings (SSSR count). The minimum Gasteiger partial charge on any atom is -0.480 e. The van der Waals surface area contributed by atoms with Crippen LogP contribution >= 0.6 is 0 Å². The number of fused-ring (bicyclic) bond motifs is 1. The van der Waals surface area contributed by atoms with Gasteiger partial charge in [-0.1, -0.05) is 32.6 Å². The number of carboxylic acids is 1. The smallest absolute Gasteiger partial charge is 0.320 e. The summed E-state index contributed by atoms with van der Waals surface area (Å²) in [6, 6.07) is 0.923. The summed E-state index contributed by atoms with van der Waals surface area (Å²) in [5.41, 5.74) is 0. The zero-order valence-electron chi connectivity index (χ0n) is 12.1. The molecule has 0 bridgehead atoms. The van der Waals surface area contributed by atoms with E-state index in [0.29, 0.717) is 18.0 Å². The number of likely N-dealkylation sites (tertiary alicyclic amines) is 1. The fourth-order valence-electron chi connectivity index (χ4n) is 4.92. The standard InChI is InChI=1S/C16H27NO2/c1-11-5-4-7-13(9-11)17-14-8-3-2-6-12(14)10-15(17)16(18)19/h11-15H,2-10H2,1H3,(H,18,19). The van der Waals surface area contributed by atoms with Gasteiger partial charge in [-0.2, -0.15) is 0 Å². The van der Waals surface area contributed by atoms with Crippen LogP contribution in [0.2, 0.25) is 0 Å². The predicted molar refractivity (Wildman–Crippen MR) is 75.0 cm³/mol. The number of hydrogen-bond acceptors (Lipinski definition) is 2. The van der Waals surface area contributed by atoms with Gasteiger partial charge in [0, 0.05) is 12.1 Å². The van der Waals surface area contributed by atoms with Crippen molar-refractivity contribution in [3.8, 4) is 0 Å². The highest BCUT2D eigenvalue weighted by Crippen LogP contribution is 2.43. The largest absolute Gasteiger partial charge is 0.480 e. The first-order valence-electron chi connectivity index (χ1n) is 8.17. The number of carboxylic acid groups (broad SMARTS) is 1. The van der Waals surface area contributed by atoms with Gasteiger partial charge in [0.1, 0.15) is 6.04 Å². The van der Waals surface area contributed by atoms with Gasteiger partial charge in [0.2, 0.25) is 0 Å². The maximum atomic E-state index is 11.6. The molecule has 19 heavy (non-hydrogen) atoms. The van der Waals surface area contributed by atoms with Gasteiger partial charge in [0.05, 0.1) is 0 Å². The molecule has 1 saturated heterocycles. The average Bonchev–Trinajstić information content (AvgIpc) is 2.78. The van der Waals surface area contributed by atoms with E-state index in [4.69, 9.17) is 0 Å². The van der Waals surface area contributed by atoms with Gasteiger partial charge in [-0.15, -0.1) is 0 Å². The van der Waals surface area contributed by atoms with Crippen LogP contribution in [0.4, 0.5) is 0 Å². The van der Waals surface area contributed by atoms with Crippen LogP contribution in [0.3, 0.4) is 0 Å². The van der Waals surface area contributed by atoms with E-state index in [1.807, 2.05) is 0 Å². The lowest BCUT2D eigenvalue weighted by atomic mass is 9.82. The van der Waals surface area contributed by atoms with Crippen molar-refractivity contribution >= 4 is 5.97 Å². The van der Waals surface area contributed by atoms with Crippen LogP contribution in [0.15, 0.2) is 0 Å². The van der Waals surface area contributed by atoms with Crippen molar-refractivity contribution in [2.45, 2.75) is 82.8 Å². The Morgan fingerprint density at radius 2 is 1.84 bits per heavy atom. The van der Waals surface area contributed by atoms with Crippen molar-refractivity contribution in [2.24, 2.45) is 11.8 Å². The Labute approximate surface area is 116 Å². The molecule has 1 N–H and O–H groups in total. The summed E-state index contributed by atoms with van der Waals surface area (Å²) in [4.78, 5) is 14.1. The Bertz CT molecular complexity index is 344. The lowest BCUT2D eigenvalue weighted by Crippen LogP contribution is -2.50. The van der Waals surface area contributed by atoms with E-state index in [-0.39, 0.29) is 6.04 Å². The second kappa shape index (κ2) is 5.43. The molecule has 0 aromatic rings. The van der Waals surface area contributed by atoms with Crippen LogP contribution in [-0.2, 0) is 4.79 Å². The van der Waals surface area contributed by atoms with Crippen LogP contribution < -0.4 is 0 Å². The van der Waals surface area contributed by atoms with Crippen LogP contribution in [-0.4, -0.2) is 34.1 Å². The van der Waals surface area contributed by atoms with Gasteiger partial charge < -0.3 is 5.11 Å². The summed E-state index contributed by atoms with van der Waals surface area (Å²) < 4.78 is 0. The quantitative estimate of drug-likeness (QED) is 0.833. The van der Waals surface area contributed by atoms with Crippen molar-refractivity contribution in [1.29, 1.82) is 0 Å². The van der Waals surface area contributed by atoms with E-state index in [2.05, 4.69) is 11.8 Å². The third-order valence-corrected chi connectivity index (χ3v) is 5.75. The molecule has 2 aliphatic carbocycles. The van der Waals surface area contributed by atoms with E-state index in [9.17, 15) is 9.90 Å². The Balaban J connectivity index is 1.79. The van der Waals surface area contributed by atoms with E-state index >= 15 is 0 Å². The van der Waals surface area contributed by atoms with Gasteiger partial charge in [-0.05, 0) is 43.9 Å². The number of rotatable bonds is 2. The highest BCUT2D eigenvalue weighted by atomic mass is 16.4. The first-order valence-corrected chi connectivity index (χ1v) is 8.17. The fraction of sp³-hybridized carbons (Fsp3) is 0.938. The molecular weight excluding hydrogens is 238 g/mol. The third-order valence-electron chi connectivity index (χ3n) is 5.75. The number of hydrogen-bond donors (Lipinski definition) is 1. The molecule has 3 aliphatic rings. The van der Waals surface area contributed by atoms with Crippen molar-refractivity contribution in [3.05, 3.63) is 0 Å². The molecule has 0 aromatic carbocycles. The van der Waals surface area contributed by atoms with E-state index in [0.717, 1.165) is 12.3 Å². The molecular formula is C16H27NO2. The van der Waals surface area contributed by atoms with Crippen molar-refractivity contribution in [2.75, 3.05) is 0 Å². The maximum Gasteiger partial charge on any atom is 0.320 e. The summed E-state index contributed by atoms with van der Waals surface area (Å²) in [5.74, 6) is 0.857. The minimum absolute atomic E-state index is 0.191. The summed E-state index contributed by atoms with van der Waals surface area (Å²) in [6.45, 7) is 2.33. The lowest BCUT2D eigenvalue weighted by molar-refractivity contribution is -0.144. The third kappa shape index (κ3) is 2.54. The highest BCUT2D eigenvalue weighted by molar-refractivity contribution is 5.74. The van der Waals surface area contributed by atoms with Crippen molar-refractivity contribution in [3.63, 3.8) is 0 Å². The molecule has 0 spiro atoms. The van der Waals surface area contributed by atoms with E-state index in [1.165, 1.54) is 51.4 Å². The number of aliphatic carboxylic acids is 1. The summed E-state index contributed by atoms with van der Waals surface area (Å²) >= 11 is 0. The first-order chi connectivity index (χ1) is 9.16. The Hall–Kier alpha value is -0.570. The highest BCUT2D eigenvalue weighted by Gasteiger charge is 2.48. The molecule has 5 atom stereocenters. The topological polar surface area (TPSA) is 40.5 Å².